The number of nitrogens with zero attached hydrogens (tertiary/aromatic N) is 2. The van der Waals surface area contributed by atoms with Crippen LogP contribution in [0.3, 0.4) is 0 Å². The van der Waals surface area contributed by atoms with Gasteiger partial charge in [-0.2, -0.15) is 5.10 Å². The van der Waals surface area contributed by atoms with Crippen molar-refractivity contribution in [1.82, 2.24) is 15.2 Å². The van der Waals surface area contributed by atoms with E-state index in [2.05, 4.69) is 46.4 Å². The van der Waals surface area contributed by atoms with E-state index in [0.29, 0.717) is 5.92 Å². The van der Waals surface area contributed by atoms with Crippen molar-refractivity contribution < 1.29 is 0 Å². The Morgan fingerprint density at radius 1 is 1.44 bits per heavy atom. The smallest absolute Gasteiger partial charge is 0.159 e. The Morgan fingerprint density at radius 2 is 2.31 bits per heavy atom. The molecular weight excluding hydrogens is 218 g/mol. The molecule has 0 fully saturated rings. The lowest BCUT2D eigenvalue weighted by Gasteiger charge is -2.04. The molecule has 0 saturated heterocycles. The molecule has 0 amide bonds. The summed E-state index contributed by atoms with van der Waals surface area (Å²) in [6.45, 7) is 2.08. The third-order valence-corrected chi connectivity index (χ3v) is 4.08. The van der Waals surface area contributed by atoms with Gasteiger partial charge in [0.05, 0.1) is 5.92 Å². The molecule has 1 N–H and O–H groups in total. The Labute approximate surface area is 98.7 Å². The van der Waals surface area contributed by atoms with Gasteiger partial charge in [0.15, 0.2) is 5.82 Å². The van der Waals surface area contributed by atoms with E-state index in [-0.39, 0.29) is 0 Å². The van der Waals surface area contributed by atoms with Crippen LogP contribution in [0.4, 0.5) is 0 Å². The molecule has 4 heteroatoms. The van der Waals surface area contributed by atoms with Crippen molar-refractivity contribution in [2.75, 3.05) is 5.75 Å². The average molecular weight is 231 g/mol. The average Bonchev–Trinajstić information content (AvgIpc) is 2.94. The van der Waals surface area contributed by atoms with Crippen LogP contribution in [0.1, 0.15) is 30.1 Å². The first-order valence-corrected chi connectivity index (χ1v) is 6.50. The summed E-state index contributed by atoms with van der Waals surface area (Å²) < 4.78 is 0. The van der Waals surface area contributed by atoms with E-state index in [1.54, 1.807) is 0 Å². The second-order valence-corrected chi connectivity index (χ2v) is 4.96. The van der Waals surface area contributed by atoms with Crippen molar-refractivity contribution in [2.45, 2.75) is 24.2 Å². The maximum absolute atomic E-state index is 4.53. The van der Waals surface area contributed by atoms with Gasteiger partial charge in [-0.25, -0.2) is 4.98 Å². The molecular formula is C12H13N3S. The molecule has 3 rings (SSSR count). The van der Waals surface area contributed by atoms with Gasteiger partial charge in [-0.1, -0.05) is 25.1 Å². The number of rotatable bonds is 2. The van der Waals surface area contributed by atoms with Gasteiger partial charge in [-0.15, -0.1) is 11.8 Å². The maximum Gasteiger partial charge on any atom is 0.159 e. The Morgan fingerprint density at radius 3 is 3.12 bits per heavy atom. The van der Waals surface area contributed by atoms with Crippen LogP contribution in [0.15, 0.2) is 29.2 Å². The van der Waals surface area contributed by atoms with Crippen LogP contribution in [0.25, 0.3) is 0 Å². The summed E-state index contributed by atoms with van der Waals surface area (Å²) in [5, 5.41) is 7.31. The van der Waals surface area contributed by atoms with Crippen molar-refractivity contribution in [3.63, 3.8) is 0 Å². The zero-order valence-corrected chi connectivity index (χ0v) is 9.92. The number of nitrogens with one attached hydrogen (secondary N) is 1. The van der Waals surface area contributed by atoms with Gasteiger partial charge in [0.25, 0.3) is 0 Å². The van der Waals surface area contributed by atoms with E-state index in [0.717, 1.165) is 23.8 Å². The number of aromatic nitrogens is 3. The first-order valence-electron chi connectivity index (χ1n) is 5.51. The summed E-state index contributed by atoms with van der Waals surface area (Å²) in [5.41, 5.74) is 1.37. The highest BCUT2D eigenvalue weighted by Crippen LogP contribution is 2.41. The molecule has 3 nitrogen and oxygen atoms in total. The van der Waals surface area contributed by atoms with Gasteiger partial charge in [0.2, 0.25) is 0 Å². The van der Waals surface area contributed by atoms with Crippen molar-refractivity contribution in [2.24, 2.45) is 0 Å². The SMILES string of the molecule is CCc1nc(C2CSc3ccccc32)n[nH]1. The number of aryl methyl sites for hydroxylation is 1. The molecule has 0 aliphatic carbocycles. The molecule has 0 spiro atoms. The topological polar surface area (TPSA) is 41.6 Å². The van der Waals surface area contributed by atoms with Crippen LogP contribution in [0, 0.1) is 0 Å². The molecule has 1 atom stereocenters. The number of benzene rings is 1. The van der Waals surface area contributed by atoms with Gasteiger partial charge in [0, 0.05) is 17.1 Å². The second kappa shape index (κ2) is 3.94. The van der Waals surface area contributed by atoms with Crippen LogP contribution in [-0.2, 0) is 6.42 Å². The number of hydrogen-bond acceptors (Lipinski definition) is 3. The van der Waals surface area contributed by atoms with Crippen molar-refractivity contribution >= 4 is 11.8 Å². The minimum atomic E-state index is 0.359. The summed E-state index contributed by atoms with van der Waals surface area (Å²) in [7, 11) is 0. The van der Waals surface area contributed by atoms with Gasteiger partial charge in [0.1, 0.15) is 5.82 Å². The number of aromatic amines is 1. The Balaban J connectivity index is 1.98. The Kier molecular flexibility index (Phi) is 2.44. The fourth-order valence-corrected chi connectivity index (χ4v) is 3.23. The van der Waals surface area contributed by atoms with E-state index >= 15 is 0 Å². The second-order valence-electron chi connectivity index (χ2n) is 3.90. The molecule has 82 valence electrons. The number of fused-ring (bicyclic) bond motifs is 1. The van der Waals surface area contributed by atoms with Crippen molar-refractivity contribution in [1.29, 1.82) is 0 Å². The normalized spacial score (nSPS) is 18.7. The first kappa shape index (κ1) is 9.90. The molecule has 1 aliphatic rings. The molecule has 0 radical (unpaired) electrons. The van der Waals surface area contributed by atoms with Gasteiger partial charge < -0.3 is 0 Å². The summed E-state index contributed by atoms with van der Waals surface area (Å²) >= 11 is 1.89. The summed E-state index contributed by atoms with van der Waals surface area (Å²) in [5.74, 6) is 3.33. The molecule has 1 aromatic heterocycles. The fourth-order valence-electron chi connectivity index (χ4n) is 2.00. The minimum absolute atomic E-state index is 0.359. The van der Waals surface area contributed by atoms with E-state index < -0.39 is 0 Å². The van der Waals surface area contributed by atoms with E-state index in [1.807, 2.05) is 11.8 Å². The van der Waals surface area contributed by atoms with E-state index in [9.17, 15) is 0 Å². The lowest BCUT2D eigenvalue weighted by Crippen LogP contribution is -2.01. The lowest BCUT2D eigenvalue weighted by molar-refractivity contribution is 0.834. The molecule has 2 aromatic rings. The van der Waals surface area contributed by atoms with Gasteiger partial charge in [-0.05, 0) is 11.6 Å². The maximum atomic E-state index is 4.53. The van der Waals surface area contributed by atoms with Crippen LogP contribution in [-0.4, -0.2) is 20.9 Å². The van der Waals surface area contributed by atoms with Crippen LogP contribution < -0.4 is 0 Å². The first-order chi connectivity index (χ1) is 7.88. The molecule has 0 bridgehead atoms. The zero-order chi connectivity index (χ0) is 11.0. The molecule has 1 aliphatic heterocycles. The minimum Gasteiger partial charge on any atom is -0.263 e. The fraction of sp³-hybridized carbons (Fsp3) is 0.333. The van der Waals surface area contributed by atoms with Gasteiger partial charge >= 0.3 is 0 Å². The quantitative estimate of drug-likeness (QED) is 0.863. The van der Waals surface area contributed by atoms with Crippen molar-refractivity contribution in [3.05, 3.63) is 41.5 Å². The molecule has 0 saturated carbocycles. The van der Waals surface area contributed by atoms with E-state index in [4.69, 9.17) is 0 Å². The lowest BCUT2D eigenvalue weighted by atomic mass is 10.0. The number of thioether (sulfide) groups is 1. The zero-order valence-electron chi connectivity index (χ0n) is 9.10. The Bertz CT molecular complexity index is 506. The molecule has 1 unspecified atom stereocenters. The highest BCUT2D eigenvalue weighted by Gasteiger charge is 2.27. The van der Waals surface area contributed by atoms with Crippen molar-refractivity contribution in [3.8, 4) is 0 Å². The van der Waals surface area contributed by atoms with E-state index in [1.165, 1.54) is 10.5 Å². The number of H-pyrrole nitrogens is 1. The van der Waals surface area contributed by atoms with Crippen LogP contribution >= 0.6 is 11.8 Å². The standard InChI is InChI=1S/C12H13N3S/c1-2-11-13-12(15-14-11)9-7-16-10-6-4-3-5-8(9)10/h3-6,9H,2,7H2,1H3,(H,13,14,15). The predicted octanol–water partition coefficient (Wildman–Crippen LogP) is 2.60. The highest BCUT2D eigenvalue weighted by atomic mass is 32.2. The third-order valence-electron chi connectivity index (χ3n) is 2.90. The van der Waals surface area contributed by atoms with Crippen LogP contribution in [0.5, 0.6) is 0 Å². The number of hydrogen-bond donors (Lipinski definition) is 1. The highest BCUT2D eigenvalue weighted by molar-refractivity contribution is 7.99. The summed E-state index contributed by atoms with van der Waals surface area (Å²) in [6, 6.07) is 8.53. The molecule has 1 aromatic carbocycles. The summed E-state index contributed by atoms with van der Waals surface area (Å²) in [6.07, 6.45) is 0.911. The largest absolute Gasteiger partial charge is 0.263 e. The van der Waals surface area contributed by atoms with Crippen LogP contribution in [0.2, 0.25) is 0 Å². The molecule has 2 heterocycles. The third kappa shape index (κ3) is 1.53. The molecule has 16 heavy (non-hydrogen) atoms. The predicted molar refractivity (Wildman–Crippen MR) is 64.8 cm³/mol. The summed E-state index contributed by atoms with van der Waals surface area (Å²) in [4.78, 5) is 5.90. The Hall–Kier alpha value is -1.29. The van der Waals surface area contributed by atoms with Gasteiger partial charge in [-0.3, -0.25) is 5.10 Å². The monoisotopic (exact) mass is 231 g/mol.